The fraction of sp³-hybridized carbons (Fsp3) is 0.357. The van der Waals surface area contributed by atoms with Crippen LogP contribution in [0.25, 0.3) is 0 Å². The van der Waals surface area contributed by atoms with Crippen molar-refractivity contribution in [1.82, 2.24) is 0 Å². The highest BCUT2D eigenvalue weighted by Gasteiger charge is 2.62. The van der Waals surface area contributed by atoms with Crippen LogP contribution >= 0.6 is 0 Å². The fourth-order valence-corrected chi connectivity index (χ4v) is 4.86. The lowest BCUT2D eigenvalue weighted by Crippen LogP contribution is -2.57. The molecule has 0 aromatic heterocycles. The average molecular weight is 559 g/mol. The van der Waals surface area contributed by atoms with Gasteiger partial charge in [0.15, 0.2) is 5.60 Å². The van der Waals surface area contributed by atoms with Gasteiger partial charge >= 0.3 is 18.3 Å². The molecule has 11 heteroatoms. The first-order valence-corrected chi connectivity index (χ1v) is 12.1. The molecule has 210 valence electrons. The highest BCUT2D eigenvalue weighted by Crippen LogP contribution is 2.48. The van der Waals surface area contributed by atoms with E-state index in [1.54, 1.807) is 24.3 Å². The maximum atomic E-state index is 14.0. The third-order valence-corrected chi connectivity index (χ3v) is 6.83. The zero-order valence-corrected chi connectivity index (χ0v) is 20.7. The van der Waals surface area contributed by atoms with Gasteiger partial charge in [-0.2, -0.15) is 35.1 Å². The highest BCUT2D eigenvalue weighted by atomic mass is 19.4. The molecule has 1 saturated carbocycles. The maximum Gasteiger partial charge on any atom is 0.458 e. The lowest BCUT2D eigenvalue weighted by molar-refractivity contribution is -0.289. The van der Waals surface area contributed by atoms with Gasteiger partial charge in [0.2, 0.25) is 0 Å². The summed E-state index contributed by atoms with van der Waals surface area (Å²) in [7, 11) is 0. The van der Waals surface area contributed by atoms with Crippen LogP contribution in [0.3, 0.4) is 0 Å². The Morgan fingerprint density at radius 2 is 1.51 bits per heavy atom. The summed E-state index contributed by atoms with van der Waals surface area (Å²) in [6.07, 6.45) is -11.5. The number of aryl methyl sites for hydroxylation is 1. The van der Waals surface area contributed by atoms with Gasteiger partial charge in [-0.3, -0.25) is 0 Å². The zero-order chi connectivity index (χ0) is 28.6. The first kappa shape index (κ1) is 28.7. The Bertz CT molecular complexity index is 1310. The van der Waals surface area contributed by atoms with Crippen LogP contribution in [-0.2, 0) is 12.5 Å². The Kier molecular flexibility index (Phi) is 7.59. The van der Waals surface area contributed by atoms with E-state index in [9.17, 15) is 40.2 Å². The minimum absolute atomic E-state index is 0.0306. The van der Waals surface area contributed by atoms with Crippen molar-refractivity contribution in [3.05, 3.63) is 89.5 Å². The van der Waals surface area contributed by atoms with Crippen LogP contribution in [0.2, 0.25) is 0 Å². The maximum absolute atomic E-state index is 14.0. The Labute approximate surface area is 219 Å². The summed E-state index contributed by atoms with van der Waals surface area (Å²) < 4.78 is 115. The highest BCUT2D eigenvalue weighted by molar-refractivity contribution is 5.54. The van der Waals surface area contributed by atoms with E-state index in [1.807, 2.05) is 13.0 Å². The number of nitrogens with zero attached hydrogens (tertiary/aromatic N) is 1. The van der Waals surface area contributed by atoms with Crippen LogP contribution in [0.5, 0.6) is 11.5 Å². The molecule has 0 spiro atoms. The van der Waals surface area contributed by atoms with Crippen molar-refractivity contribution >= 4 is 5.69 Å². The van der Waals surface area contributed by atoms with Gasteiger partial charge in [-0.1, -0.05) is 36.4 Å². The Morgan fingerprint density at radius 3 is 2.15 bits per heavy atom. The van der Waals surface area contributed by atoms with Crippen molar-refractivity contribution in [1.29, 1.82) is 0 Å². The van der Waals surface area contributed by atoms with E-state index < -0.39 is 48.4 Å². The van der Waals surface area contributed by atoms with E-state index in [0.29, 0.717) is 17.9 Å². The second-order valence-electron chi connectivity index (χ2n) is 9.65. The third kappa shape index (κ3) is 5.83. The predicted molar refractivity (Wildman–Crippen MR) is 129 cm³/mol. The zero-order valence-electron chi connectivity index (χ0n) is 20.7. The second kappa shape index (κ2) is 10.3. The first-order chi connectivity index (χ1) is 18.1. The summed E-state index contributed by atoms with van der Waals surface area (Å²) in [5.74, 6) is -4.43. The third-order valence-electron chi connectivity index (χ3n) is 6.83. The van der Waals surface area contributed by atoms with Crippen molar-refractivity contribution in [2.45, 2.75) is 62.6 Å². The van der Waals surface area contributed by atoms with Gasteiger partial charge in [-0.05, 0) is 67.6 Å². The number of rotatable bonds is 7. The summed E-state index contributed by atoms with van der Waals surface area (Å²) in [5.41, 5.74) is -3.46. The molecule has 0 saturated heterocycles. The standard InChI is InChI=1S/C28H25F8NO2/c1-18-6-2-10-22(14-18)39-23-11-4-9-21(16-23)37(24-12-5-13-25(24,38)27(31,32)33)17-19-7-3-8-20(15-19)26(29,30)28(34,35)36/h2-4,6-11,14-16,24,38H,5,12-13,17H2,1H3. The number of halogens is 8. The molecular weight excluding hydrogens is 534 g/mol. The Balaban J connectivity index is 1.75. The summed E-state index contributed by atoms with van der Waals surface area (Å²) in [6.45, 7) is 1.37. The van der Waals surface area contributed by atoms with Gasteiger partial charge < -0.3 is 14.7 Å². The van der Waals surface area contributed by atoms with Crippen molar-refractivity contribution in [2.75, 3.05) is 4.90 Å². The molecule has 3 aromatic rings. The molecule has 2 atom stereocenters. The minimum atomic E-state index is -5.85. The molecule has 1 aliphatic carbocycles. The number of aliphatic hydroxyl groups is 1. The monoisotopic (exact) mass is 559 g/mol. The SMILES string of the molecule is Cc1cccc(Oc2cccc(N(Cc3cccc(C(F)(F)C(F)(F)F)c3)C3CCCC3(O)C(F)(F)F)c2)c1. The summed E-state index contributed by atoms with van der Waals surface area (Å²) in [4.78, 5) is 1.19. The van der Waals surface area contributed by atoms with Crippen LogP contribution in [0.15, 0.2) is 72.8 Å². The van der Waals surface area contributed by atoms with Gasteiger partial charge in [0, 0.05) is 23.9 Å². The van der Waals surface area contributed by atoms with E-state index in [-0.39, 0.29) is 29.8 Å². The Morgan fingerprint density at radius 1 is 0.872 bits per heavy atom. The van der Waals surface area contributed by atoms with Crippen LogP contribution in [0.1, 0.15) is 36.0 Å². The van der Waals surface area contributed by atoms with Crippen molar-refractivity contribution in [2.24, 2.45) is 0 Å². The van der Waals surface area contributed by atoms with Crippen molar-refractivity contribution in [3.63, 3.8) is 0 Å². The van der Waals surface area contributed by atoms with Gasteiger partial charge in [0.05, 0.1) is 6.04 Å². The quantitative estimate of drug-likeness (QED) is 0.296. The largest absolute Gasteiger partial charge is 0.458 e. The van der Waals surface area contributed by atoms with Crippen molar-refractivity contribution < 1.29 is 45.0 Å². The molecule has 1 aliphatic rings. The van der Waals surface area contributed by atoms with E-state index >= 15 is 0 Å². The van der Waals surface area contributed by atoms with E-state index in [0.717, 1.165) is 11.6 Å². The average Bonchev–Trinajstić information content (AvgIpc) is 3.25. The van der Waals surface area contributed by atoms with Crippen LogP contribution in [0.4, 0.5) is 40.8 Å². The molecule has 1 N–H and O–H groups in total. The van der Waals surface area contributed by atoms with Gasteiger partial charge in [-0.15, -0.1) is 0 Å². The van der Waals surface area contributed by atoms with Crippen molar-refractivity contribution in [3.8, 4) is 11.5 Å². The van der Waals surface area contributed by atoms with Crippen LogP contribution < -0.4 is 9.64 Å². The fourth-order valence-electron chi connectivity index (χ4n) is 4.86. The number of hydrogen-bond donors (Lipinski definition) is 1. The Hall–Kier alpha value is -3.34. The van der Waals surface area contributed by atoms with Crippen LogP contribution in [0, 0.1) is 6.92 Å². The van der Waals surface area contributed by atoms with Gasteiger partial charge in [0.25, 0.3) is 0 Å². The number of ether oxygens (including phenoxy) is 1. The first-order valence-electron chi connectivity index (χ1n) is 12.1. The van der Waals surface area contributed by atoms with Gasteiger partial charge in [0.1, 0.15) is 11.5 Å². The van der Waals surface area contributed by atoms with Crippen LogP contribution in [-0.4, -0.2) is 29.1 Å². The number of alkyl halides is 8. The lowest BCUT2D eigenvalue weighted by Gasteiger charge is -2.41. The molecule has 0 heterocycles. The van der Waals surface area contributed by atoms with E-state index in [4.69, 9.17) is 4.74 Å². The smallest absolute Gasteiger partial charge is 0.457 e. The summed E-state index contributed by atoms with van der Waals surface area (Å²) in [5, 5.41) is 10.8. The molecule has 39 heavy (non-hydrogen) atoms. The molecule has 0 amide bonds. The summed E-state index contributed by atoms with van der Waals surface area (Å²) in [6, 6.07) is 15.0. The number of hydrogen-bond acceptors (Lipinski definition) is 3. The molecule has 3 nitrogen and oxygen atoms in total. The molecule has 0 aliphatic heterocycles. The van der Waals surface area contributed by atoms with E-state index in [1.165, 1.54) is 29.2 Å². The topological polar surface area (TPSA) is 32.7 Å². The predicted octanol–water partition coefficient (Wildman–Crippen LogP) is 8.29. The second-order valence-corrected chi connectivity index (χ2v) is 9.65. The molecule has 0 radical (unpaired) electrons. The number of anilines is 1. The normalized spacial score (nSPS) is 20.2. The molecule has 4 rings (SSSR count). The number of benzene rings is 3. The summed E-state index contributed by atoms with van der Waals surface area (Å²) >= 11 is 0. The lowest BCUT2D eigenvalue weighted by atomic mass is 9.94. The van der Waals surface area contributed by atoms with Gasteiger partial charge in [-0.25, -0.2) is 0 Å². The molecule has 3 aromatic carbocycles. The minimum Gasteiger partial charge on any atom is -0.457 e. The molecular formula is C28H25F8NO2. The van der Waals surface area contributed by atoms with E-state index in [2.05, 4.69) is 0 Å². The molecule has 2 unspecified atom stereocenters. The molecule has 0 bridgehead atoms. The molecule has 1 fully saturated rings.